The number of carbonyl (C=O) groups is 1. The second-order valence-electron chi connectivity index (χ2n) is 3.70. The lowest BCUT2D eigenvalue weighted by Gasteiger charge is -2.27. The van der Waals surface area contributed by atoms with Crippen molar-refractivity contribution < 1.29 is 18.7 Å². The van der Waals surface area contributed by atoms with Crippen LogP contribution >= 0.6 is 0 Å². The highest BCUT2D eigenvalue weighted by molar-refractivity contribution is 5.81. The first kappa shape index (κ1) is 15.6. The van der Waals surface area contributed by atoms with Crippen molar-refractivity contribution >= 4 is 5.97 Å². The molecule has 0 rings (SSSR count). The van der Waals surface area contributed by atoms with E-state index in [0.717, 1.165) is 24.0 Å². The van der Waals surface area contributed by atoms with Crippen LogP contribution < -0.4 is 4.70 Å². The Balaban J connectivity index is 0. The van der Waals surface area contributed by atoms with Crippen molar-refractivity contribution in [3.05, 3.63) is 12.7 Å². The van der Waals surface area contributed by atoms with Gasteiger partial charge in [0, 0.05) is 12.5 Å². The summed E-state index contributed by atoms with van der Waals surface area (Å²) in [5.41, 5.74) is 0. The number of carbonyl (C=O) groups excluding carboxylic acids is 1. The molecule has 0 N–H and O–H groups in total. The van der Waals surface area contributed by atoms with Crippen molar-refractivity contribution in [2.45, 2.75) is 13.3 Å². The molecule has 0 aromatic heterocycles. The van der Waals surface area contributed by atoms with Crippen molar-refractivity contribution in [2.24, 2.45) is 0 Å². The van der Waals surface area contributed by atoms with E-state index in [9.17, 15) is 4.79 Å². The maximum atomic E-state index is 10.7. The van der Waals surface area contributed by atoms with Crippen LogP contribution in [0, 0.1) is 0 Å². The molecule has 0 aliphatic heterocycles. The Morgan fingerprint density at radius 3 is 2.50 bits per heavy atom. The van der Waals surface area contributed by atoms with Gasteiger partial charge in [-0.25, -0.2) is 4.79 Å². The molecule has 0 saturated carbocycles. The summed E-state index contributed by atoms with van der Waals surface area (Å²) in [6.45, 7) is 8.09. The molecule has 0 aliphatic carbocycles. The fourth-order valence-corrected chi connectivity index (χ4v) is 0.882. The van der Waals surface area contributed by atoms with Gasteiger partial charge in [0.2, 0.25) is 0 Å². The van der Waals surface area contributed by atoms with Gasteiger partial charge < -0.3 is 13.9 Å². The molecule has 14 heavy (non-hydrogen) atoms. The van der Waals surface area contributed by atoms with Crippen LogP contribution in [-0.4, -0.2) is 44.2 Å². The predicted octanol–water partition coefficient (Wildman–Crippen LogP) is -1.79. The third-order valence-corrected chi connectivity index (χ3v) is 2.17. The molecule has 0 aromatic rings. The van der Waals surface area contributed by atoms with Gasteiger partial charge >= 0.3 is 5.97 Å². The first-order chi connectivity index (χ1) is 6.02. The van der Waals surface area contributed by atoms with Crippen LogP contribution in [0.5, 0.6) is 0 Å². The third-order valence-electron chi connectivity index (χ3n) is 2.17. The second-order valence-corrected chi connectivity index (χ2v) is 3.70. The summed E-state index contributed by atoms with van der Waals surface area (Å²) in [5.74, 6) is -0.332. The van der Waals surface area contributed by atoms with Gasteiger partial charge in [0.05, 0.1) is 33.8 Å². The molecule has 0 unspecified atom stereocenters. The Morgan fingerprint density at radius 2 is 2.07 bits per heavy atom. The fourth-order valence-electron chi connectivity index (χ4n) is 0.882. The number of quaternary nitrogens is 1. The van der Waals surface area contributed by atoms with Crippen molar-refractivity contribution in [1.82, 2.24) is 0 Å². The van der Waals surface area contributed by atoms with Gasteiger partial charge in [0.25, 0.3) is 0 Å². The van der Waals surface area contributed by atoms with Crippen LogP contribution in [0.25, 0.3) is 0 Å². The summed E-state index contributed by atoms with van der Waals surface area (Å²) in [6, 6.07) is 0. The molecule has 0 aliphatic rings. The maximum Gasteiger partial charge on any atom is 0.330 e. The lowest BCUT2D eigenvalue weighted by atomic mass is 10.3. The van der Waals surface area contributed by atoms with E-state index in [1.807, 2.05) is 0 Å². The molecule has 0 amide bonds. The summed E-state index contributed by atoms with van der Waals surface area (Å²) in [7, 11) is 4.32. The molecule has 0 saturated heterocycles. The average Bonchev–Trinajstić information content (AvgIpc) is 2.12. The van der Waals surface area contributed by atoms with Gasteiger partial charge in [-0.2, -0.15) is 0 Å². The average molecular weight is 205 g/mol. The van der Waals surface area contributed by atoms with Crippen LogP contribution in [0.3, 0.4) is 0 Å². The van der Waals surface area contributed by atoms with Crippen LogP contribution in [0.15, 0.2) is 12.7 Å². The Morgan fingerprint density at radius 1 is 1.50 bits per heavy atom. The SMILES string of the molecule is C=CC(=O)OCCC[N+](C)(C)CC.[F-]. The normalized spacial score (nSPS) is 10.2. The van der Waals surface area contributed by atoms with E-state index in [4.69, 9.17) is 4.74 Å². The van der Waals surface area contributed by atoms with Crippen molar-refractivity contribution in [3.63, 3.8) is 0 Å². The smallest absolute Gasteiger partial charge is 0.330 e. The van der Waals surface area contributed by atoms with Gasteiger partial charge in [-0.3, -0.25) is 0 Å². The highest BCUT2D eigenvalue weighted by atomic mass is 19.0. The highest BCUT2D eigenvalue weighted by Gasteiger charge is 2.10. The molecule has 4 heteroatoms. The van der Waals surface area contributed by atoms with Gasteiger partial charge in [-0.1, -0.05) is 6.58 Å². The van der Waals surface area contributed by atoms with Gasteiger partial charge in [-0.05, 0) is 6.92 Å². The van der Waals surface area contributed by atoms with Crippen LogP contribution in [-0.2, 0) is 9.53 Å². The van der Waals surface area contributed by atoms with E-state index >= 15 is 0 Å². The molecule has 0 spiro atoms. The maximum absolute atomic E-state index is 10.7. The van der Waals surface area contributed by atoms with E-state index in [2.05, 4.69) is 27.6 Å². The first-order valence-corrected chi connectivity index (χ1v) is 4.63. The molecule has 0 atom stereocenters. The zero-order chi connectivity index (χ0) is 10.3. The minimum atomic E-state index is -0.332. The van der Waals surface area contributed by atoms with E-state index in [1.165, 1.54) is 6.08 Å². The highest BCUT2D eigenvalue weighted by Crippen LogP contribution is 1.98. The summed E-state index contributed by atoms with van der Waals surface area (Å²) < 4.78 is 5.83. The van der Waals surface area contributed by atoms with Crippen molar-refractivity contribution in [1.29, 1.82) is 0 Å². The predicted molar refractivity (Wildman–Crippen MR) is 53.3 cm³/mol. The topological polar surface area (TPSA) is 26.3 Å². The summed E-state index contributed by atoms with van der Waals surface area (Å²) in [5, 5.41) is 0. The number of ether oxygens (including phenoxy) is 1. The molecular formula is C10H20FNO2. The van der Waals surface area contributed by atoms with Crippen molar-refractivity contribution in [2.75, 3.05) is 33.8 Å². The lowest BCUT2D eigenvalue weighted by molar-refractivity contribution is -0.888. The zero-order valence-corrected chi connectivity index (χ0v) is 9.25. The minimum Gasteiger partial charge on any atom is -1.00 e. The van der Waals surface area contributed by atoms with Gasteiger partial charge in [0.1, 0.15) is 0 Å². The van der Waals surface area contributed by atoms with Crippen LogP contribution in [0.1, 0.15) is 13.3 Å². The molecule has 3 nitrogen and oxygen atoms in total. The summed E-state index contributed by atoms with van der Waals surface area (Å²) in [4.78, 5) is 10.7. The van der Waals surface area contributed by atoms with E-state index in [1.54, 1.807) is 0 Å². The summed E-state index contributed by atoms with van der Waals surface area (Å²) in [6.07, 6.45) is 2.10. The van der Waals surface area contributed by atoms with Crippen molar-refractivity contribution in [3.8, 4) is 0 Å². The number of hydrogen-bond acceptors (Lipinski definition) is 2. The monoisotopic (exact) mass is 205 g/mol. The molecule has 0 radical (unpaired) electrons. The standard InChI is InChI=1S/C10H20NO2.FH/c1-5-10(12)13-9-7-8-11(3,4)6-2;/h5H,1,6-9H2,2-4H3;1H/q+1;/p-1. The molecule has 0 fully saturated rings. The largest absolute Gasteiger partial charge is 1.00 e. The van der Waals surface area contributed by atoms with Crippen LogP contribution in [0.4, 0.5) is 0 Å². The Labute approximate surface area is 85.3 Å². The molecule has 84 valence electrons. The Bertz CT molecular complexity index is 181. The fraction of sp³-hybridized carbons (Fsp3) is 0.700. The van der Waals surface area contributed by atoms with E-state index in [-0.39, 0.29) is 10.7 Å². The Kier molecular flexibility index (Phi) is 8.34. The molecule has 0 bridgehead atoms. The molecule has 0 heterocycles. The molecular weight excluding hydrogens is 185 g/mol. The van der Waals surface area contributed by atoms with Gasteiger partial charge in [0.15, 0.2) is 0 Å². The van der Waals surface area contributed by atoms with E-state index < -0.39 is 0 Å². The number of nitrogens with zero attached hydrogens (tertiary/aromatic N) is 1. The van der Waals surface area contributed by atoms with E-state index in [0.29, 0.717) is 6.61 Å². The zero-order valence-electron chi connectivity index (χ0n) is 9.25. The van der Waals surface area contributed by atoms with Gasteiger partial charge in [-0.15, -0.1) is 0 Å². The van der Waals surface area contributed by atoms with Crippen LogP contribution in [0.2, 0.25) is 0 Å². The summed E-state index contributed by atoms with van der Waals surface area (Å²) >= 11 is 0. The number of halogens is 1. The Hall–Kier alpha value is -0.900. The lowest BCUT2D eigenvalue weighted by Crippen LogP contribution is -3.00. The second kappa shape index (κ2) is 7.50. The molecule has 0 aromatic carbocycles. The third kappa shape index (κ3) is 7.73. The minimum absolute atomic E-state index is 0. The quantitative estimate of drug-likeness (QED) is 0.221. The number of rotatable bonds is 6. The number of esters is 1. The number of hydrogen-bond donors (Lipinski definition) is 0. The first-order valence-electron chi connectivity index (χ1n) is 4.63.